The van der Waals surface area contributed by atoms with Gasteiger partial charge in [-0.15, -0.1) is 0 Å². The van der Waals surface area contributed by atoms with E-state index in [1.54, 1.807) is 30.3 Å². The molecule has 2 heterocycles. The van der Waals surface area contributed by atoms with E-state index < -0.39 is 11.7 Å². The SMILES string of the molecule is FC(F)(F)c1cnc(Oc2ccc(-c3ccco3)cc2Cl)c(Cl)c1. The van der Waals surface area contributed by atoms with Crippen molar-refractivity contribution in [2.75, 3.05) is 0 Å². The maximum atomic E-state index is 12.6. The zero-order chi connectivity index (χ0) is 17.3. The van der Waals surface area contributed by atoms with E-state index in [0.29, 0.717) is 12.0 Å². The van der Waals surface area contributed by atoms with Crippen molar-refractivity contribution in [3.05, 3.63) is 64.5 Å². The van der Waals surface area contributed by atoms with E-state index in [0.717, 1.165) is 11.6 Å². The number of ether oxygens (including phenoxy) is 1. The van der Waals surface area contributed by atoms with Crippen LogP contribution in [0.15, 0.2) is 53.3 Å². The van der Waals surface area contributed by atoms with Crippen LogP contribution in [-0.4, -0.2) is 4.98 Å². The van der Waals surface area contributed by atoms with Crippen LogP contribution in [0, 0.1) is 0 Å². The largest absolute Gasteiger partial charge is 0.464 e. The summed E-state index contributed by atoms with van der Waals surface area (Å²) in [4.78, 5) is 3.60. The highest BCUT2D eigenvalue weighted by atomic mass is 35.5. The summed E-state index contributed by atoms with van der Waals surface area (Å²) in [6, 6.07) is 9.09. The molecule has 1 aromatic carbocycles. The first kappa shape index (κ1) is 16.7. The maximum Gasteiger partial charge on any atom is 0.417 e. The van der Waals surface area contributed by atoms with Crippen LogP contribution in [-0.2, 0) is 6.18 Å². The molecular weight excluding hydrogens is 366 g/mol. The van der Waals surface area contributed by atoms with E-state index in [9.17, 15) is 13.2 Å². The third kappa shape index (κ3) is 3.49. The van der Waals surface area contributed by atoms with Crippen molar-refractivity contribution in [3.8, 4) is 23.0 Å². The number of benzene rings is 1. The van der Waals surface area contributed by atoms with Crippen LogP contribution in [0.1, 0.15) is 5.56 Å². The number of nitrogens with zero attached hydrogens (tertiary/aromatic N) is 1. The molecule has 24 heavy (non-hydrogen) atoms. The fourth-order valence-electron chi connectivity index (χ4n) is 1.94. The average Bonchev–Trinajstić information content (AvgIpc) is 3.04. The van der Waals surface area contributed by atoms with E-state index in [2.05, 4.69) is 4.98 Å². The number of hydrogen-bond acceptors (Lipinski definition) is 3. The normalized spacial score (nSPS) is 11.5. The maximum absolute atomic E-state index is 12.6. The van der Waals surface area contributed by atoms with E-state index in [1.165, 1.54) is 6.26 Å². The molecule has 2 aromatic heterocycles. The summed E-state index contributed by atoms with van der Waals surface area (Å²) in [5.41, 5.74) is -0.233. The smallest absolute Gasteiger partial charge is 0.417 e. The molecule has 0 N–H and O–H groups in total. The zero-order valence-corrected chi connectivity index (χ0v) is 13.3. The molecule has 0 unspecified atom stereocenters. The van der Waals surface area contributed by atoms with Crippen molar-refractivity contribution in [2.24, 2.45) is 0 Å². The van der Waals surface area contributed by atoms with Gasteiger partial charge < -0.3 is 9.15 Å². The van der Waals surface area contributed by atoms with Crippen molar-refractivity contribution in [1.82, 2.24) is 4.98 Å². The summed E-state index contributed by atoms with van der Waals surface area (Å²) in [5.74, 6) is 0.660. The van der Waals surface area contributed by atoms with Crippen LogP contribution in [0.3, 0.4) is 0 Å². The molecule has 0 aliphatic rings. The van der Waals surface area contributed by atoms with Crippen molar-refractivity contribution in [2.45, 2.75) is 6.18 Å². The monoisotopic (exact) mass is 373 g/mol. The first-order valence-corrected chi connectivity index (χ1v) is 7.34. The molecule has 0 amide bonds. The van der Waals surface area contributed by atoms with E-state index in [-0.39, 0.29) is 21.7 Å². The molecule has 3 rings (SSSR count). The predicted molar refractivity (Wildman–Crippen MR) is 83.5 cm³/mol. The number of furan rings is 1. The average molecular weight is 374 g/mol. The summed E-state index contributed by atoms with van der Waals surface area (Å²) < 4.78 is 48.5. The third-order valence-electron chi connectivity index (χ3n) is 3.08. The number of rotatable bonds is 3. The second kappa shape index (κ2) is 6.37. The lowest BCUT2D eigenvalue weighted by atomic mass is 10.1. The minimum Gasteiger partial charge on any atom is -0.464 e. The highest BCUT2D eigenvalue weighted by Crippen LogP contribution is 2.37. The Morgan fingerprint density at radius 1 is 1.04 bits per heavy atom. The summed E-state index contributed by atoms with van der Waals surface area (Å²) >= 11 is 11.9. The van der Waals surface area contributed by atoms with Crippen molar-refractivity contribution in [3.63, 3.8) is 0 Å². The molecule has 0 fully saturated rings. The fourth-order valence-corrected chi connectivity index (χ4v) is 2.36. The summed E-state index contributed by atoms with van der Waals surface area (Å²) in [6.45, 7) is 0. The van der Waals surface area contributed by atoms with Gasteiger partial charge in [0.1, 0.15) is 16.5 Å². The summed E-state index contributed by atoms with van der Waals surface area (Å²) in [5, 5.41) is -0.0299. The summed E-state index contributed by atoms with van der Waals surface area (Å²) in [7, 11) is 0. The Labute approximate surface area is 144 Å². The molecule has 0 saturated heterocycles. The standard InChI is InChI=1S/C16H8Cl2F3NO2/c17-11-6-9(13-2-1-5-23-13)3-4-14(11)24-15-12(18)7-10(8-22-15)16(19,20)21/h1-8H. The van der Waals surface area contributed by atoms with E-state index in [4.69, 9.17) is 32.4 Å². The Kier molecular flexibility index (Phi) is 4.43. The fraction of sp³-hybridized carbons (Fsp3) is 0.0625. The lowest BCUT2D eigenvalue weighted by Gasteiger charge is -2.11. The highest BCUT2D eigenvalue weighted by Gasteiger charge is 2.31. The predicted octanol–water partition coefficient (Wildman–Crippen LogP) is 6.46. The van der Waals surface area contributed by atoms with Crippen LogP contribution in [0.25, 0.3) is 11.3 Å². The van der Waals surface area contributed by atoms with Gasteiger partial charge in [-0.1, -0.05) is 23.2 Å². The molecular formula is C16H8Cl2F3NO2. The molecule has 0 bridgehead atoms. The number of pyridine rings is 1. The van der Waals surface area contributed by atoms with Gasteiger partial charge in [-0.05, 0) is 36.4 Å². The Morgan fingerprint density at radius 3 is 2.42 bits per heavy atom. The van der Waals surface area contributed by atoms with Gasteiger partial charge in [0.05, 0.1) is 16.8 Å². The summed E-state index contributed by atoms with van der Waals surface area (Å²) in [6.07, 6.45) is -2.36. The van der Waals surface area contributed by atoms with Crippen LogP contribution >= 0.6 is 23.2 Å². The zero-order valence-electron chi connectivity index (χ0n) is 11.8. The molecule has 0 saturated carbocycles. The Bertz CT molecular complexity index is 864. The number of hydrogen-bond donors (Lipinski definition) is 0. The van der Waals surface area contributed by atoms with Gasteiger partial charge in [0, 0.05) is 11.8 Å². The van der Waals surface area contributed by atoms with Gasteiger partial charge in [0.2, 0.25) is 5.88 Å². The van der Waals surface area contributed by atoms with Gasteiger partial charge >= 0.3 is 6.18 Å². The molecule has 0 spiro atoms. The minimum atomic E-state index is -4.53. The quantitative estimate of drug-likeness (QED) is 0.528. The van der Waals surface area contributed by atoms with Gasteiger partial charge in [0.15, 0.2) is 0 Å². The lowest BCUT2D eigenvalue weighted by Crippen LogP contribution is -2.05. The van der Waals surface area contributed by atoms with Crippen molar-refractivity contribution in [1.29, 1.82) is 0 Å². The minimum absolute atomic E-state index is 0.169. The first-order valence-electron chi connectivity index (χ1n) is 6.58. The molecule has 3 aromatic rings. The highest BCUT2D eigenvalue weighted by molar-refractivity contribution is 6.33. The van der Waals surface area contributed by atoms with Gasteiger partial charge in [0.25, 0.3) is 0 Å². The van der Waals surface area contributed by atoms with Crippen molar-refractivity contribution >= 4 is 23.2 Å². The van der Waals surface area contributed by atoms with Crippen LogP contribution in [0.2, 0.25) is 10.0 Å². The number of aromatic nitrogens is 1. The van der Waals surface area contributed by atoms with Crippen LogP contribution in [0.5, 0.6) is 11.6 Å². The molecule has 0 aliphatic carbocycles. The molecule has 8 heteroatoms. The van der Waals surface area contributed by atoms with E-state index in [1.807, 2.05) is 0 Å². The molecule has 0 aliphatic heterocycles. The molecule has 3 nitrogen and oxygen atoms in total. The van der Waals surface area contributed by atoms with Gasteiger partial charge in [-0.25, -0.2) is 4.98 Å². The van der Waals surface area contributed by atoms with Gasteiger partial charge in [-0.3, -0.25) is 0 Å². The lowest BCUT2D eigenvalue weighted by molar-refractivity contribution is -0.137. The third-order valence-corrected chi connectivity index (χ3v) is 3.65. The van der Waals surface area contributed by atoms with E-state index >= 15 is 0 Å². The van der Waals surface area contributed by atoms with Crippen molar-refractivity contribution < 1.29 is 22.3 Å². The second-order valence-electron chi connectivity index (χ2n) is 4.73. The molecule has 0 radical (unpaired) electrons. The van der Waals surface area contributed by atoms with Crippen LogP contribution < -0.4 is 4.74 Å². The van der Waals surface area contributed by atoms with Gasteiger partial charge in [-0.2, -0.15) is 13.2 Å². The Balaban J connectivity index is 1.86. The second-order valence-corrected chi connectivity index (χ2v) is 5.55. The topological polar surface area (TPSA) is 35.3 Å². The first-order chi connectivity index (χ1) is 11.3. The molecule has 0 atom stereocenters. The molecule has 124 valence electrons. The van der Waals surface area contributed by atoms with Crippen LogP contribution in [0.4, 0.5) is 13.2 Å². The number of halogens is 5. The Hall–Kier alpha value is -2.18. The number of alkyl halides is 3. The Morgan fingerprint density at radius 2 is 1.83 bits per heavy atom.